The van der Waals surface area contributed by atoms with Gasteiger partial charge in [0.2, 0.25) is 11.0 Å². The quantitative estimate of drug-likeness (QED) is 0.330. The Hall–Kier alpha value is -1.21. The normalized spacial score (nSPS) is 19.8. The fourth-order valence-electron chi connectivity index (χ4n) is 3.19. The molecule has 2 aliphatic heterocycles. The van der Waals surface area contributed by atoms with E-state index in [1.165, 1.54) is 11.5 Å². The van der Waals surface area contributed by atoms with Crippen molar-refractivity contribution in [2.75, 3.05) is 64.9 Å². The lowest BCUT2D eigenvalue weighted by Crippen LogP contribution is -2.53. The van der Waals surface area contributed by atoms with Crippen molar-refractivity contribution in [2.45, 2.75) is 32.3 Å². The summed E-state index contributed by atoms with van der Waals surface area (Å²) in [5.74, 6) is 1.69. The highest BCUT2D eigenvalue weighted by atomic mass is 127. The molecule has 1 atom stereocenters. The third-order valence-electron chi connectivity index (χ3n) is 5.00. The molecule has 9 nitrogen and oxygen atoms in total. The lowest BCUT2D eigenvalue weighted by Gasteiger charge is -2.36. The van der Waals surface area contributed by atoms with Crippen LogP contribution in [0.15, 0.2) is 4.99 Å². The van der Waals surface area contributed by atoms with Crippen LogP contribution in [0.1, 0.15) is 25.6 Å². The first kappa shape index (κ1) is 24.1. The Morgan fingerprint density at radius 2 is 2.10 bits per heavy atom. The van der Waals surface area contributed by atoms with E-state index in [0.29, 0.717) is 0 Å². The van der Waals surface area contributed by atoms with Crippen molar-refractivity contribution < 1.29 is 9.53 Å². The van der Waals surface area contributed by atoms with Gasteiger partial charge in [-0.3, -0.25) is 4.79 Å². The number of rotatable bonds is 6. The summed E-state index contributed by atoms with van der Waals surface area (Å²) in [7, 11) is 3.51. The molecule has 164 valence electrons. The Morgan fingerprint density at radius 1 is 1.34 bits per heavy atom. The molecule has 1 aromatic heterocycles. The van der Waals surface area contributed by atoms with Crippen LogP contribution in [0.5, 0.6) is 0 Å². The van der Waals surface area contributed by atoms with Gasteiger partial charge in [-0.2, -0.15) is 4.37 Å². The van der Waals surface area contributed by atoms with Gasteiger partial charge in [0.1, 0.15) is 12.4 Å². The molecule has 0 bridgehead atoms. The first-order valence-corrected chi connectivity index (χ1v) is 10.8. The van der Waals surface area contributed by atoms with Crippen LogP contribution in [0.3, 0.4) is 0 Å². The van der Waals surface area contributed by atoms with Gasteiger partial charge < -0.3 is 24.8 Å². The highest BCUT2D eigenvalue weighted by Crippen LogP contribution is 2.19. The molecule has 0 aliphatic carbocycles. The summed E-state index contributed by atoms with van der Waals surface area (Å²) < 4.78 is 10.1. The van der Waals surface area contributed by atoms with Gasteiger partial charge in [-0.1, -0.05) is 6.92 Å². The summed E-state index contributed by atoms with van der Waals surface area (Å²) >= 11 is 1.47. The number of anilines is 1. The maximum atomic E-state index is 12.0. The molecule has 2 aliphatic rings. The Morgan fingerprint density at radius 3 is 2.69 bits per heavy atom. The average molecular weight is 537 g/mol. The summed E-state index contributed by atoms with van der Waals surface area (Å²) in [6.45, 7) is 7.16. The van der Waals surface area contributed by atoms with Gasteiger partial charge in [0.05, 0.1) is 6.10 Å². The Labute approximate surface area is 194 Å². The summed E-state index contributed by atoms with van der Waals surface area (Å²) in [6, 6.07) is 0. The fraction of sp³-hybridized carbons (Fsp3) is 0.778. The van der Waals surface area contributed by atoms with Gasteiger partial charge >= 0.3 is 0 Å². The number of guanidine groups is 1. The molecular weight excluding hydrogens is 505 g/mol. The maximum Gasteiger partial charge on any atom is 0.243 e. The van der Waals surface area contributed by atoms with Crippen LogP contribution in [0, 0.1) is 0 Å². The largest absolute Gasteiger partial charge is 0.376 e. The molecule has 2 saturated heterocycles. The third-order valence-corrected chi connectivity index (χ3v) is 5.81. The minimum atomic E-state index is -0.00370. The first-order chi connectivity index (χ1) is 13.6. The zero-order chi connectivity index (χ0) is 19.9. The van der Waals surface area contributed by atoms with E-state index in [9.17, 15) is 4.79 Å². The number of aromatic nitrogens is 2. The molecule has 3 heterocycles. The van der Waals surface area contributed by atoms with Crippen LogP contribution >= 0.6 is 35.5 Å². The Kier molecular flexibility index (Phi) is 9.83. The summed E-state index contributed by atoms with van der Waals surface area (Å²) in [5.41, 5.74) is 0. The minimum absolute atomic E-state index is 0. The third kappa shape index (κ3) is 6.92. The predicted octanol–water partition coefficient (Wildman–Crippen LogP) is 1.05. The standard InChI is InChI=1S/C18H31N7O2S.HI/c1-4-15-21-18(28-22-15)25-9-7-24(8-10-25)17(20-13-16(26)23(2)3)19-12-14-6-5-11-27-14;/h14H,4-13H2,1-3H3,(H,19,20);1H. The average Bonchev–Trinajstić information content (AvgIpc) is 3.40. The van der Waals surface area contributed by atoms with Crippen LogP contribution in [0.25, 0.3) is 0 Å². The number of carbonyl (C=O) groups is 1. The van der Waals surface area contributed by atoms with E-state index in [-0.39, 0.29) is 42.5 Å². The summed E-state index contributed by atoms with van der Waals surface area (Å²) in [6.07, 6.45) is 3.27. The van der Waals surface area contributed by atoms with E-state index < -0.39 is 0 Å². The van der Waals surface area contributed by atoms with Crippen LogP contribution in [0.2, 0.25) is 0 Å². The first-order valence-electron chi connectivity index (χ1n) is 9.99. The number of nitrogens with zero attached hydrogens (tertiary/aromatic N) is 6. The second-order valence-corrected chi connectivity index (χ2v) is 8.00. The van der Waals surface area contributed by atoms with Crippen LogP contribution in [0.4, 0.5) is 5.13 Å². The van der Waals surface area contributed by atoms with Crippen molar-refractivity contribution in [1.29, 1.82) is 0 Å². The number of hydrogen-bond donors (Lipinski definition) is 1. The summed E-state index contributed by atoms with van der Waals surface area (Å²) in [5, 5.41) is 4.42. The van der Waals surface area contributed by atoms with Crippen molar-refractivity contribution in [3.63, 3.8) is 0 Å². The summed E-state index contributed by atoms with van der Waals surface area (Å²) in [4.78, 5) is 27.2. The van der Waals surface area contributed by atoms with E-state index in [1.54, 1.807) is 19.0 Å². The van der Waals surface area contributed by atoms with Gasteiger partial charge in [0.15, 0.2) is 5.96 Å². The van der Waals surface area contributed by atoms with E-state index in [4.69, 9.17) is 4.74 Å². The Bertz CT molecular complexity index is 671. The number of carbonyl (C=O) groups excluding carboxylic acids is 1. The fourth-order valence-corrected chi connectivity index (χ4v) is 3.99. The molecule has 3 rings (SSSR count). The van der Waals surface area contributed by atoms with Gasteiger partial charge in [-0.05, 0) is 12.8 Å². The maximum absolute atomic E-state index is 12.0. The highest BCUT2D eigenvalue weighted by Gasteiger charge is 2.24. The number of halogens is 1. The predicted molar refractivity (Wildman–Crippen MR) is 126 cm³/mol. The number of ether oxygens (including phenoxy) is 1. The second-order valence-electron chi connectivity index (χ2n) is 7.26. The number of amides is 1. The Balaban J connectivity index is 0.00000300. The van der Waals surface area contributed by atoms with Crippen molar-refractivity contribution >= 4 is 52.5 Å². The van der Waals surface area contributed by atoms with Gasteiger partial charge in [-0.25, -0.2) is 9.98 Å². The monoisotopic (exact) mass is 537 g/mol. The minimum Gasteiger partial charge on any atom is -0.376 e. The lowest BCUT2D eigenvalue weighted by molar-refractivity contribution is -0.127. The molecule has 0 radical (unpaired) electrons. The van der Waals surface area contributed by atoms with Crippen LogP contribution in [-0.4, -0.2) is 97.1 Å². The van der Waals surface area contributed by atoms with E-state index in [2.05, 4.69) is 36.4 Å². The van der Waals surface area contributed by atoms with Crippen LogP contribution in [-0.2, 0) is 16.0 Å². The van der Waals surface area contributed by atoms with Crippen LogP contribution < -0.4 is 10.2 Å². The number of aryl methyl sites for hydroxylation is 1. The molecule has 1 amide bonds. The molecule has 11 heteroatoms. The topological polar surface area (TPSA) is 86.2 Å². The highest BCUT2D eigenvalue weighted by molar-refractivity contribution is 14.0. The molecule has 0 spiro atoms. The molecule has 2 fully saturated rings. The number of nitrogens with one attached hydrogen (secondary N) is 1. The van der Waals surface area contributed by atoms with Gasteiger partial charge in [0.25, 0.3) is 0 Å². The van der Waals surface area contributed by atoms with E-state index in [0.717, 1.165) is 75.5 Å². The van der Waals surface area contributed by atoms with E-state index in [1.807, 2.05) is 0 Å². The molecule has 0 aromatic carbocycles. The number of hydrogen-bond acceptors (Lipinski definition) is 7. The van der Waals surface area contributed by atoms with E-state index >= 15 is 0 Å². The lowest BCUT2D eigenvalue weighted by atomic mass is 10.2. The van der Waals surface area contributed by atoms with Crippen molar-refractivity contribution in [3.8, 4) is 0 Å². The second kappa shape index (κ2) is 11.8. The number of aliphatic imine (C=N–C) groups is 1. The molecule has 1 aromatic rings. The smallest absolute Gasteiger partial charge is 0.243 e. The molecule has 1 N–H and O–H groups in total. The number of piperazine rings is 1. The van der Waals surface area contributed by atoms with Gasteiger partial charge in [-0.15, -0.1) is 24.0 Å². The van der Waals surface area contributed by atoms with Crippen molar-refractivity contribution in [3.05, 3.63) is 5.82 Å². The molecular formula is C18H32IN7O2S. The van der Waals surface area contributed by atoms with Gasteiger partial charge in [0, 0.05) is 71.4 Å². The molecule has 0 saturated carbocycles. The van der Waals surface area contributed by atoms with Crippen molar-refractivity contribution in [1.82, 2.24) is 24.5 Å². The SMILES string of the molecule is CCc1nsc(N2CCN(C(=NCC(=O)N(C)C)NCC3CCCO3)CC2)n1.I. The zero-order valence-electron chi connectivity index (χ0n) is 17.5. The molecule has 29 heavy (non-hydrogen) atoms. The number of likely N-dealkylation sites (N-methyl/N-ethyl adjacent to an activating group) is 1. The molecule has 1 unspecified atom stereocenters. The zero-order valence-corrected chi connectivity index (χ0v) is 20.6. The van der Waals surface area contributed by atoms with Crippen molar-refractivity contribution in [2.24, 2.45) is 4.99 Å².